The molecule has 6 heteroatoms. The Hall–Kier alpha value is -2.12. The van der Waals surface area contributed by atoms with E-state index in [1.807, 2.05) is 48.5 Å². The van der Waals surface area contributed by atoms with E-state index in [1.165, 1.54) is 0 Å². The molecular formula is C22H31NO5. The maximum Gasteiger partial charge on any atom is 0.161 e. The first-order chi connectivity index (χ1) is 13.7. The monoisotopic (exact) mass is 389 g/mol. The van der Waals surface area contributed by atoms with Crippen LogP contribution < -0.4 is 9.47 Å². The van der Waals surface area contributed by atoms with E-state index < -0.39 is 6.10 Å². The summed E-state index contributed by atoms with van der Waals surface area (Å²) in [7, 11) is 4.92. The zero-order valence-electron chi connectivity index (χ0n) is 17.0. The van der Waals surface area contributed by atoms with Crippen LogP contribution in [-0.2, 0) is 22.6 Å². The van der Waals surface area contributed by atoms with Crippen LogP contribution in [0.4, 0.5) is 0 Å². The Bertz CT molecular complexity index is 680. The third-order valence-electron chi connectivity index (χ3n) is 4.36. The quantitative estimate of drug-likeness (QED) is 0.568. The van der Waals surface area contributed by atoms with Crippen molar-refractivity contribution in [3.05, 3.63) is 59.7 Å². The van der Waals surface area contributed by atoms with Gasteiger partial charge in [-0.1, -0.05) is 36.4 Å². The van der Waals surface area contributed by atoms with Gasteiger partial charge in [0.25, 0.3) is 0 Å². The zero-order valence-corrected chi connectivity index (χ0v) is 17.0. The number of hydrogen-bond donors (Lipinski definition) is 1. The SMILES string of the molecule is COCCN(Cc1ccc(OC)c(OC)c1)C[C@@H](O)COCc1ccccc1. The van der Waals surface area contributed by atoms with Gasteiger partial charge in [-0.2, -0.15) is 0 Å². The summed E-state index contributed by atoms with van der Waals surface area (Å²) in [4.78, 5) is 2.14. The summed E-state index contributed by atoms with van der Waals surface area (Å²) in [5.74, 6) is 1.39. The molecule has 0 aliphatic rings. The predicted molar refractivity (Wildman–Crippen MR) is 109 cm³/mol. The van der Waals surface area contributed by atoms with Crippen molar-refractivity contribution in [3.63, 3.8) is 0 Å². The topological polar surface area (TPSA) is 60.4 Å². The molecule has 0 radical (unpaired) electrons. The van der Waals surface area contributed by atoms with Gasteiger partial charge in [0.05, 0.1) is 40.1 Å². The van der Waals surface area contributed by atoms with E-state index in [1.54, 1.807) is 21.3 Å². The van der Waals surface area contributed by atoms with Gasteiger partial charge in [0.15, 0.2) is 11.5 Å². The summed E-state index contributed by atoms with van der Waals surface area (Å²) >= 11 is 0. The number of aliphatic hydroxyl groups excluding tert-OH is 1. The van der Waals surface area contributed by atoms with Gasteiger partial charge in [-0.3, -0.25) is 4.90 Å². The van der Waals surface area contributed by atoms with Crippen LogP contribution in [0.25, 0.3) is 0 Å². The van der Waals surface area contributed by atoms with E-state index in [0.29, 0.717) is 44.3 Å². The van der Waals surface area contributed by atoms with Crippen molar-refractivity contribution in [3.8, 4) is 11.5 Å². The van der Waals surface area contributed by atoms with Crippen molar-refractivity contribution in [1.29, 1.82) is 0 Å². The fraction of sp³-hybridized carbons (Fsp3) is 0.455. The highest BCUT2D eigenvalue weighted by atomic mass is 16.5. The van der Waals surface area contributed by atoms with E-state index in [0.717, 1.165) is 11.1 Å². The van der Waals surface area contributed by atoms with Gasteiger partial charge in [0.2, 0.25) is 0 Å². The van der Waals surface area contributed by atoms with E-state index >= 15 is 0 Å². The highest BCUT2D eigenvalue weighted by Gasteiger charge is 2.14. The average Bonchev–Trinajstić information content (AvgIpc) is 2.72. The normalized spacial score (nSPS) is 12.2. The summed E-state index contributed by atoms with van der Waals surface area (Å²) in [6.07, 6.45) is -0.583. The van der Waals surface area contributed by atoms with Crippen molar-refractivity contribution in [1.82, 2.24) is 4.90 Å². The molecule has 0 saturated heterocycles. The van der Waals surface area contributed by atoms with Gasteiger partial charge in [-0.25, -0.2) is 0 Å². The van der Waals surface area contributed by atoms with E-state index in [9.17, 15) is 5.11 Å². The van der Waals surface area contributed by atoms with Gasteiger partial charge in [0.1, 0.15) is 0 Å². The summed E-state index contributed by atoms with van der Waals surface area (Å²) < 4.78 is 21.5. The highest BCUT2D eigenvalue weighted by Crippen LogP contribution is 2.28. The second-order valence-corrected chi connectivity index (χ2v) is 6.57. The lowest BCUT2D eigenvalue weighted by Gasteiger charge is -2.25. The minimum atomic E-state index is -0.583. The average molecular weight is 389 g/mol. The summed E-state index contributed by atoms with van der Waals surface area (Å²) in [6.45, 7) is 3.23. The number of hydrogen-bond acceptors (Lipinski definition) is 6. The molecule has 0 spiro atoms. The third kappa shape index (κ3) is 7.48. The van der Waals surface area contributed by atoms with Crippen LogP contribution in [0.5, 0.6) is 11.5 Å². The molecule has 2 aromatic rings. The van der Waals surface area contributed by atoms with Gasteiger partial charge < -0.3 is 24.1 Å². The Morgan fingerprint density at radius 2 is 1.68 bits per heavy atom. The van der Waals surface area contributed by atoms with Crippen LogP contribution in [-0.4, -0.2) is 63.7 Å². The Labute approximate surface area is 167 Å². The van der Waals surface area contributed by atoms with E-state index in [2.05, 4.69) is 4.90 Å². The number of rotatable bonds is 13. The summed E-state index contributed by atoms with van der Waals surface area (Å²) in [5, 5.41) is 10.4. The molecule has 0 fully saturated rings. The summed E-state index contributed by atoms with van der Waals surface area (Å²) in [5.41, 5.74) is 2.17. The van der Waals surface area contributed by atoms with Crippen LogP contribution in [0.15, 0.2) is 48.5 Å². The number of benzene rings is 2. The Balaban J connectivity index is 1.89. The first-order valence-electron chi connectivity index (χ1n) is 9.38. The molecule has 0 amide bonds. The first kappa shape index (κ1) is 22.2. The fourth-order valence-corrected chi connectivity index (χ4v) is 2.93. The lowest BCUT2D eigenvalue weighted by Crippen LogP contribution is -2.36. The van der Waals surface area contributed by atoms with Gasteiger partial charge in [-0.15, -0.1) is 0 Å². The van der Waals surface area contributed by atoms with Crippen LogP contribution in [0.3, 0.4) is 0 Å². The van der Waals surface area contributed by atoms with Crippen molar-refractivity contribution in [2.45, 2.75) is 19.3 Å². The number of aliphatic hydroxyl groups is 1. The molecule has 2 aromatic carbocycles. The highest BCUT2D eigenvalue weighted by molar-refractivity contribution is 5.42. The Morgan fingerprint density at radius 1 is 0.929 bits per heavy atom. The molecule has 28 heavy (non-hydrogen) atoms. The fourth-order valence-electron chi connectivity index (χ4n) is 2.93. The van der Waals surface area contributed by atoms with Crippen LogP contribution in [0.1, 0.15) is 11.1 Å². The molecule has 0 heterocycles. The van der Waals surface area contributed by atoms with Gasteiger partial charge in [0, 0.05) is 26.7 Å². The minimum Gasteiger partial charge on any atom is -0.493 e. The Kier molecular flexibility index (Phi) is 9.79. The third-order valence-corrected chi connectivity index (χ3v) is 4.36. The smallest absolute Gasteiger partial charge is 0.161 e. The first-order valence-corrected chi connectivity index (χ1v) is 9.38. The Morgan fingerprint density at radius 3 is 2.36 bits per heavy atom. The van der Waals surface area contributed by atoms with Gasteiger partial charge in [-0.05, 0) is 23.3 Å². The minimum absolute atomic E-state index is 0.282. The molecule has 2 rings (SSSR count). The van der Waals surface area contributed by atoms with Crippen molar-refractivity contribution >= 4 is 0 Å². The number of methoxy groups -OCH3 is 3. The molecule has 0 unspecified atom stereocenters. The standard InChI is InChI=1S/C22H31NO5/c1-25-12-11-23(14-19-9-10-21(26-2)22(13-19)27-3)15-20(24)17-28-16-18-7-5-4-6-8-18/h4-10,13,20,24H,11-12,14-17H2,1-3H3/t20-/m1/s1. The van der Waals surface area contributed by atoms with Crippen molar-refractivity contribution in [2.75, 3.05) is 47.6 Å². The second kappa shape index (κ2) is 12.4. The molecule has 0 aliphatic carbocycles. The van der Waals surface area contributed by atoms with Gasteiger partial charge >= 0.3 is 0 Å². The van der Waals surface area contributed by atoms with Crippen LogP contribution in [0, 0.1) is 0 Å². The molecule has 6 nitrogen and oxygen atoms in total. The van der Waals surface area contributed by atoms with Crippen LogP contribution >= 0.6 is 0 Å². The van der Waals surface area contributed by atoms with Crippen LogP contribution in [0.2, 0.25) is 0 Å². The molecule has 1 atom stereocenters. The molecule has 0 bridgehead atoms. The summed E-state index contributed by atoms with van der Waals surface area (Å²) in [6, 6.07) is 15.8. The number of ether oxygens (including phenoxy) is 4. The molecule has 0 aliphatic heterocycles. The molecule has 1 N–H and O–H groups in total. The van der Waals surface area contributed by atoms with E-state index in [4.69, 9.17) is 18.9 Å². The second-order valence-electron chi connectivity index (χ2n) is 6.57. The molecule has 154 valence electrons. The lowest BCUT2D eigenvalue weighted by atomic mass is 10.1. The molecule has 0 aromatic heterocycles. The maximum absolute atomic E-state index is 10.4. The van der Waals surface area contributed by atoms with Crippen molar-refractivity contribution < 1.29 is 24.1 Å². The predicted octanol–water partition coefficient (Wildman–Crippen LogP) is 2.73. The number of nitrogens with zero attached hydrogens (tertiary/aromatic N) is 1. The van der Waals surface area contributed by atoms with Crippen molar-refractivity contribution in [2.24, 2.45) is 0 Å². The lowest BCUT2D eigenvalue weighted by molar-refractivity contribution is 0.00479. The molecule has 0 saturated carbocycles. The maximum atomic E-state index is 10.4. The largest absolute Gasteiger partial charge is 0.493 e. The van der Waals surface area contributed by atoms with E-state index in [-0.39, 0.29) is 6.61 Å². The molecular weight excluding hydrogens is 358 g/mol. The zero-order chi connectivity index (χ0) is 20.2.